The summed E-state index contributed by atoms with van der Waals surface area (Å²) in [6, 6.07) is 16.9. The Morgan fingerprint density at radius 2 is 1.57 bits per heavy atom. The SMILES string of the molecule is O=C(OC1([C@H]2CCC[C@@H](c3cc(F)cc(F)c3)N2S(=O)(=O)c2ccc(Cl)cc2)CC1)N1CCC2(CC1)C(=O)NCN2c1ccccc1. The number of benzene rings is 3. The number of nitrogens with zero attached hydrogens (tertiary/aromatic N) is 3. The van der Waals surface area contributed by atoms with Crippen LogP contribution >= 0.6 is 11.6 Å². The van der Waals surface area contributed by atoms with Crippen LogP contribution in [0.4, 0.5) is 19.3 Å². The number of carbonyl (C=O) groups excluding carboxylic acids is 2. The average molecular weight is 685 g/mol. The molecule has 2 amide bonds. The Kier molecular flexibility index (Phi) is 8.16. The summed E-state index contributed by atoms with van der Waals surface area (Å²) in [5.41, 5.74) is -0.760. The molecule has 3 heterocycles. The molecule has 1 saturated carbocycles. The van der Waals surface area contributed by atoms with Gasteiger partial charge in [0.15, 0.2) is 0 Å². The van der Waals surface area contributed by atoms with Gasteiger partial charge in [-0.1, -0.05) is 29.8 Å². The lowest BCUT2D eigenvalue weighted by Crippen LogP contribution is -2.58. The molecule has 0 aromatic heterocycles. The number of nitrogens with one attached hydrogen (secondary N) is 1. The molecule has 4 fully saturated rings. The number of hydrogen-bond acceptors (Lipinski definition) is 6. The van der Waals surface area contributed by atoms with Gasteiger partial charge in [0.05, 0.1) is 23.6 Å². The average Bonchev–Trinajstić information content (AvgIpc) is 3.78. The molecule has 248 valence electrons. The van der Waals surface area contributed by atoms with Crippen molar-refractivity contribution in [1.82, 2.24) is 14.5 Å². The maximum atomic E-state index is 14.4. The Bertz CT molecular complexity index is 1760. The van der Waals surface area contributed by atoms with Crippen LogP contribution in [0, 0.1) is 11.6 Å². The molecule has 1 aliphatic carbocycles. The Balaban J connectivity index is 1.14. The Morgan fingerprint density at radius 3 is 2.21 bits per heavy atom. The van der Waals surface area contributed by atoms with E-state index in [1.807, 2.05) is 30.3 Å². The van der Waals surface area contributed by atoms with E-state index < -0.39 is 51.0 Å². The first kappa shape index (κ1) is 31.8. The van der Waals surface area contributed by atoms with Crippen molar-refractivity contribution in [3.8, 4) is 0 Å². The molecular formula is C34H35ClF2N4O5S. The molecule has 4 aliphatic rings. The summed E-state index contributed by atoms with van der Waals surface area (Å²) in [5, 5.41) is 3.32. The van der Waals surface area contributed by atoms with Crippen molar-refractivity contribution < 1.29 is 31.5 Å². The standard InChI is InChI=1S/C34H35ClF2N4O5S/c35-24-9-11-28(12-10-24)47(44,45)41-29(23-19-25(36)21-26(37)20-23)7-4-8-30(41)34(13-14-34)46-32(43)39-17-15-33(16-18-39)31(42)38-22-40(33)27-5-2-1-3-6-27/h1-3,5-6,9-12,19-21,29-30H,4,7-8,13-18,22H2,(H,38,42)/t29-,30+/m0/s1. The number of halogens is 3. The lowest BCUT2D eigenvalue weighted by molar-refractivity contribution is -0.125. The van der Waals surface area contributed by atoms with E-state index in [-0.39, 0.29) is 29.5 Å². The van der Waals surface area contributed by atoms with Crippen LogP contribution < -0.4 is 10.2 Å². The van der Waals surface area contributed by atoms with Crippen LogP contribution in [0.2, 0.25) is 5.02 Å². The number of rotatable bonds is 6. The number of anilines is 1. The lowest BCUT2D eigenvalue weighted by Gasteiger charge is -2.46. The topological polar surface area (TPSA) is 99.3 Å². The van der Waals surface area contributed by atoms with Gasteiger partial charge in [-0.15, -0.1) is 0 Å². The first-order valence-electron chi connectivity index (χ1n) is 15.9. The van der Waals surface area contributed by atoms with Gasteiger partial charge < -0.3 is 19.9 Å². The maximum absolute atomic E-state index is 14.4. The molecule has 2 atom stereocenters. The van der Waals surface area contributed by atoms with Crippen molar-refractivity contribution in [2.24, 2.45) is 0 Å². The number of hydrogen-bond donors (Lipinski definition) is 1. The highest BCUT2D eigenvalue weighted by Gasteiger charge is 2.60. The molecule has 0 unspecified atom stereocenters. The number of likely N-dealkylation sites (tertiary alicyclic amines) is 1. The van der Waals surface area contributed by atoms with Crippen LogP contribution in [-0.4, -0.2) is 66.6 Å². The van der Waals surface area contributed by atoms with Gasteiger partial charge in [-0.3, -0.25) is 4.79 Å². The molecule has 3 aromatic rings. The zero-order chi connectivity index (χ0) is 33.0. The molecule has 3 saturated heterocycles. The van der Waals surface area contributed by atoms with E-state index in [2.05, 4.69) is 10.2 Å². The Hall–Kier alpha value is -3.74. The third-order valence-corrected chi connectivity index (χ3v) is 12.3. The zero-order valence-corrected chi connectivity index (χ0v) is 27.2. The molecule has 7 rings (SSSR count). The summed E-state index contributed by atoms with van der Waals surface area (Å²) < 4.78 is 65.1. The highest BCUT2D eigenvalue weighted by Crippen LogP contribution is 2.53. The zero-order valence-electron chi connectivity index (χ0n) is 25.6. The van der Waals surface area contributed by atoms with Crippen LogP contribution in [0.3, 0.4) is 0 Å². The van der Waals surface area contributed by atoms with E-state index in [9.17, 15) is 26.8 Å². The second-order valence-electron chi connectivity index (χ2n) is 12.8. The van der Waals surface area contributed by atoms with Crippen LogP contribution in [0.5, 0.6) is 0 Å². The number of carbonyl (C=O) groups is 2. The fourth-order valence-electron chi connectivity index (χ4n) is 7.57. The van der Waals surface area contributed by atoms with Gasteiger partial charge in [-0.25, -0.2) is 22.0 Å². The van der Waals surface area contributed by atoms with E-state index in [0.29, 0.717) is 56.6 Å². The molecule has 0 bridgehead atoms. The van der Waals surface area contributed by atoms with Gasteiger partial charge in [0.1, 0.15) is 22.8 Å². The minimum Gasteiger partial charge on any atom is -0.441 e. The van der Waals surface area contributed by atoms with Crippen molar-refractivity contribution in [3.63, 3.8) is 0 Å². The number of amides is 2. The summed E-state index contributed by atoms with van der Waals surface area (Å²) in [6.45, 7) is 0.953. The van der Waals surface area contributed by atoms with E-state index in [1.54, 1.807) is 4.90 Å². The highest BCUT2D eigenvalue weighted by atomic mass is 35.5. The quantitative estimate of drug-likeness (QED) is 0.342. The molecule has 3 aliphatic heterocycles. The van der Waals surface area contributed by atoms with Gasteiger partial charge in [0.2, 0.25) is 15.9 Å². The summed E-state index contributed by atoms with van der Waals surface area (Å²) in [7, 11) is -4.23. The van der Waals surface area contributed by atoms with Crippen LogP contribution in [0.15, 0.2) is 77.7 Å². The van der Waals surface area contributed by atoms with Gasteiger partial charge in [0, 0.05) is 29.9 Å². The minimum absolute atomic E-state index is 0.0167. The van der Waals surface area contributed by atoms with Gasteiger partial charge in [0.25, 0.3) is 0 Å². The van der Waals surface area contributed by atoms with Crippen LogP contribution in [0.1, 0.15) is 56.6 Å². The van der Waals surface area contributed by atoms with Crippen molar-refractivity contribution in [3.05, 3.63) is 95.0 Å². The summed E-state index contributed by atoms with van der Waals surface area (Å²) in [5.74, 6) is -1.68. The molecule has 0 radical (unpaired) electrons. The highest BCUT2D eigenvalue weighted by molar-refractivity contribution is 7.89. The monoisotopic (exact) mass is 684 g/mol. The first-order chi connectivity index (χ1) is 22.5. The van der Waals surface area contributed by atoms with Crippen molar-refractivity contribution >= 4 is 39.3 Å². The third kappa shape index (κ3) is 5.74. The van der Waals surface area contributed by atoms with E-state index in [4.69, 9.17) is 16.3 Å². The molecule has 9 nitrogen and oxygen atoms in total. The Morgan fingerprint density at radius 1 is 0.915 bits per heavy atom. The van der Waals surface area contributed by atoms with Gasteiger partial charge in [-0.2, -0.15) is 4.31 Å². The van der Waals surface area contributed by atoms with E-state index in [0.717, 1.165) is 23.9 Å². The minimum atomic E-state index is -4.23. The fourth-order valence-corrected chi connectivity index (χ4v) is 9.62. The second kappa shape index (κ2) is 12.1. The third-order valence-electron chi connectivity index (χ3n) is 10.1. The Labute approximate surface area is 277 Å². The number of para-hydroxylation sites is 1. The number of ether oxygens (including phenoxy) is 1. The molecule has 1 N–H and O–H groups in total. The molecular weight excluding hydrogens is 650 g/mol. The predicted octanol–water partition coefficient (Wildman–Crippen LogP) is 6.00. The molecule has 47 heavy (non-hydrogen) atoms. The normalized spacial score (nSPS) is 23.9. The van der Waals surface area contributed by atoms with Gasteiger partial charge in [-0.05, 0) is 99.0 Å². The van der Waals surface area contributed by atoms with Crippen molar-refractivity contribution in [1.29, 1.82) is 0 Å². The van der Waals surface area contributed by atoms with Gasteiger partial charge >= 0.3 is 6.09 Å². The number of sulfonamides is 1. The summed E-state index contributed by atoms with van der Waals surface area (Å²) in [4.78, 5) is 30.5. The maximum Gasteiger partial charge on any atom is 0.410 e. The number of piperidine rings is 2. The van der Waals surface area contributed by atoms with Crippen LogP contribution in [-0.2, 0) is 19.6 Å². The first-order valence-corrected chi connectivity index (χ1v) is 17.7. The van der Waals surface area contributed by atoms with E-state index in [1.165, 1.54) is 28.6 Å². The van der Waals surface area contributed by atoms with E-state index >= 15 is 0 Å². The van der Waals surface area contributed by atoms with Crippen molar-refractivity contribution in [2.75, 3.05) is 24.7 Å². The molecule has 13 heteroatoms. The largest absolute Gasteiger partial charge is 0.441 e. The lowest BCUT2D eigenvalue weighted by atomic mass is 9.86. The summed E-state index contributed by atoms with van der Waals surface area (Å²) >= 11 is 6.06. The van der Waals surface area contributed by atoms with Crippen LogP contribution in [0.25, 0.3) is 0 Å². The van der Waals surface area contributed by atoms with Crippen molar-refractivity contribution in [2.45, 2.75) is 73.1 Å². The predicted molar refractivity (Wildman–Crippen MR) is 171 cm³/mol. The fraction of sp³-hybridized carbons (Fsp3) is 0.412. The molecule has 1 spiro atoms. The summed E-state index contributed by atoms with van der Waals surface area (Å²) in [6.07, 6.45) is 2.45. The molecule has 3 aromatic carbocycles. The smallest absolute Gasteiger partial charge is 0.410 e. The second-order valence-corrected chi connectivity index (χ2v) is 15.1.